The molecule has 0 atom stereocenters. The lowest BCUT2D eigenvalue weighted by Gasteiger charge is -2.12. The lowest BCUT2D eigenvalue weighted by atomic mass is 9.94. The molecule has 296 valence electrons. The first-order chi connectivity index (χ1) is 31.8. The van der Waals surface area contributed by atoms with E-state index in [1.807, 2.05) is 0 Å². The van der Waals surface area contributed by atoms with Gasteiger partial charge in [0, 0.05) is 64.8 Å². The fourth-order valence-corrected chi connectivity index (χ4v) is 12.1. The van der Waals surface area contributed by atoms with Crippen LogP contribution in [0.25, 0.3) is 137 Å². The van der Waals surface area contributed by atoms with E-state index in [1.165, 1.54) is 81.5 Å². The number of rotatable bonds is 3. The highest BCUT2D eigenvalue weighted by molar-refractivity contribution is 7.26. The highest BCUT2D eigenvalue weighted by Gasteiger charge is 2.27. The van der Waals surface area contributed by atoms with Gasteiger partial charge < -0.3 is 9.13 Å². The molecule has 14 aromatic rings. The topological polar surface area (TPSA) is 40.6 Å². The Balaban J connectivity index is 1.04. The maximum Gasteiger partial charge on any atom is 0.235 e. The van der Waals surface area contributed by atoms with Crippen molar-refractivity contribution in [3.63, 3.8) is 0 Å². The smallest absolute Gasteiger partial charge is 0.235 e. The van der Waals surface area contributed by atoms with Crippen LogP contribution in [0.5, 0.6) is 0 Å². The van der Waals surface area contributed by atoms with Crippen LogP contribution in [0.4, 0.5) is 0 Å². The molecule has 1 aliphatic rings. The van der Waals surface area contributed by atoms with Crippen LogP contribution in [-0.4, -0.2) is 23.7 Å². The Morgan fingerprint density at radius 2 is 0.938 bits per heavy atom. The van der Waals surface area contributed by atoms with Crippen LogP contribution in [0.1, 0.15) is 0 Å². The van der Waals surface area contributed by atoms with Crippen molar-refractivity contribution in [3.8, 4) is 50.8 Å². The minimum atomic E-state index is 0.660. The van der Waals surface area contributed by atoms with Crippen molar-refractivity contribution in [1.29, 1.82) is 0 Å². The summed E-state index contributed by atoms with van der Waals surface area (Å²) in [6.07, 6.45) is 0. The number of hydrogen-bond donors (Lipinski definition) is 0. The average molecular weight is 832 g/mol. The third-order valence-corrected chi connectivity index (χ3v) is 14.8. The second kappa shape index (κ2) is 12.6. The molecule has 0 fully saturated rings. The maximum atomic E-state index is 5.67. The van der Waals surface area contributed by atoms with Gasteiger partial charge in [0.05, 0.1) is 54.7 Å². The van der Waals surface area contributed by atoms with Gasteiger partial charge in [0.2, 0.25) is 5.95 Å². The van der Waals surface area contributed by atoms with Crippen molar-refractivity contribution in [1.82, 2.24) is 23.7 Å². The van der Waals surface area contributed by atoms with Crippen molar-refractivity contribution in [2.24, 2.45) is 0 Å². The van der Waals surface area contributed by atoms with Crippen LogP contribution in [0.2, 0.25) is 0 Å². The molecular formula is C58H33N5S. The highest BCUT2D eigenvalue weighted by atomic mass is 32.1. The van der Waals surface area contributed by atoms with E-state index in [4.69, 9.17) is 9.97 Å². The van der Waals surface area contributed by atoms with E-state index in [9.17, 15) is 0 Å². The first-order valence-corrected chi connectivity index (χ1v) is 22.6. The number of aromatic nitrogens is 5. The Morgan fingerprint density at radius 3 is 1.75 bits per heavy atom. The summed E-state index contributed by atoms with van der Waals surface area (Å²) < 4.78 is 9.46. The first-order valence-electron chi connectivity index (χ1n) is 21.7. The van der Waals surface area contributed by atoms with Gasteiger partial charge in [0.15, 0.2) is 0 Å². The van der Waals surface area contributed by atoms with Crippen molar-refractivity contribution in [2.45, 2.75) is 0 Å². The molecule has 5 nitrogen and oxygen atoms in total. The minimum Gasteiger partial charge on any atom is -0.309 e. The van der Waals surface area contributed by atoms with Crippen LogP contribution >= 0.6 is 11.3 Å². The number of thiophene rings is 1. The molecule has 0 unspecified atom stereocenters. The van der Waals surface area contributed by atoms with E-state index in [-0.39, 0.29) is 0 Å². The molecule has 0 spiro atoms. The monoisotopic (exact) mass is 831 g/mol. The molecule has 0 bridgehead atoms. The summed E-state index contributed by atoms with van der Waals surface area (Å²) in [5.41, 5.74) is 17.2. The van der Waals surface area contributed by atoms with Gasteiger partial charge in [-0.2, -0.15) is 0 Å². The fourth-order valence-electron chi connectivity index (χ4n) is 10.9. The molecule has 1 aliphatic heterocycles. The molecule has 9 aromatic carbocycles. The summed E-state index contributed by atoms with van der Waals surface area (Å²) in [6, 6.07) is 72.9. The van der Waals surface area contributed by atoms with Gasteiger partial charge in [-0.3, -0.25) is 4.57 Å². The molecule has 15 rings (SSSR count). The zero-order valence-corrected chi connectivity index (χ0v) is 35.0. The number of benzene rings is 9. The van der Waals surface area contributed by atoms with Gasteiger partial charge >= 0.3 is 0 Å². The number of hydrogen-bond acceptors (Lipinski definition) is 3. The Bertz CT molecular complexity index is 4320. The molecule has 6 heteroatoms. The van der Waals surface area contributed by atoms with E-state index in [0.717, 1.165) is 49.1 Å². The van der Waals surface area contributed by atoms with Crippen LogP contribution in [0.3, 0.4) is 0 Å². The van der Waals surface area contributed by atoms with Crippen LogP contribution in [-0.2, 0) is 0 Å². The predicted molar refractivity (Wildman–Crippen MR) is 268 cm³/mol. The lowest BCUT2D eigenvalue weighted by molar-refractivity contribution is 1.02. The number of para-hydroxylation sites is 5. The third kappa shape index (κ3) is 4.51. The zero-order valence-electron chi connectivity index (χ0n) is 34.2. The van der Waals surface area contributed by atoms with Crippen LogP contribution in [0, 0.1) is 0 Å². The van der Waals surface area contributed by atoms with E-state index in [2.05, 4.69) is 214 Å². The van der Waals surface area contributed by atoms with E-state index in [0.29, 0.717) is 5.95 Å². The molecule has 0 aliphatic carbocycles. The van der Waals surface area contributed by atoms with Crippen LogP contribution < -0.4 is 0 Å². The Labute approximate surface area is 370 Å². The summed E-state index contributed by atoms with van der Waals surface area (Å²) in [4.78, 5) is 11.2. The van der Waals surface area contributed by atoms with Gasteiger partial charge in [0.1, 0.15) is 0 Å². The standard InChI is InChI=1S/C58H33N5S/c1-2-15-35(16-3-1)61-47-25-10-7-20-39(47)44-31-34(29-30-50(44)61)54-57-55(43-22-9-13-28-53(43)64-57)60-58(59-54)63-49-27-12-8-21-40(49)45-32-51-46(33-52(45)63)42-24-14-23-41-37-18-5-4-17-36(37)38-19-6-11-26-48(38)62(51)56(41)42/h1-33H. The predicted octanol–water partition coefficient (Wildman–Crippen LogP) is 15.5. The minimum absolute atomic E-state index is 0.660. The van der Waals surface area contributed by atoms with Crippen LogP contribution in [0.15, 0.2) is 200 Å². The van der Waals surface area contributed by atoms with Gasteiger partial charge in [-0.05, 0) is 71.8 Å². The molecule has 5 aromatic heterocycles. The first kappa shape index (κ1) is 34.3. The van der Waals surface area contributed by atoms with E-state index < -0.39 is 0 Å². The number of fused-ring (bicyclic) bond motifs is 17. The SMILES string of the molecule is c1ccc(-n2c3ccccc3c3cc(-c4nc(-n5c6ccccc6c6cc7c(cc65)c5cccc6c5n7-c5ccccc5-c5ccccc5-6)nc5c4sc4ccccc45)ccc32)cc1. The molecule has 0 radical (unpaired) electrons. The Hall–Kier alpha value is -8.32. The Kier molecular flexibility index (Phi) is 6.77. The van der Waals surface area contributed by atoms with E-state index >= 15 is 0 Å². The van der Waals surface area contributed by atoms with E-state index in [1.54, 1.807) is 11.3 Å². The molecule has 0 amide bonds. The quantitative estimate of drug-likeness (QED) is 0.178. The molecule has 0 saturated heterocycles. The molecule has 0 saturated carbocycles. The Morgan fingerprint density at radius 1 is 0.359 bits per heavy atom. The molecule has 0 N–H and O–H groups in total. The van der Waals surface area contributed by atoms with Gasteiger partial charge in [-0.25, -0.2) is 9.97 Å². The summed E-state index contributed by atoms with van der Waals surface area (Å²) in [7, 11) is 0. The van der Waals surface area contributed by atoms with Gasteiger partial charge in [0.25, 0.3) is 0 Å². The molecule has 64 heavy (non-hydrogen) atoms. The third-order valence-electron chi connectivity index (χ3n) is 13.6. The fraction of sp³-hybridized carbons (Fsp3) is 0. The van der Waals surface area contributed by atoms with Crippen molar-refractivity contribution in [2.75, 3.05) is 0 Å². The van der Waals surface area contributed by atoms with Crippen molar-refractivity contribution in [3.05, 3.63) is 200 Å². The normalized spacial score (nSPS) is 12.4. The maximum absolute atomic E-state index is 5.67. The highest BCUT2D eigenvalue weighted by Crippen LogP contribution is 2.48. The second-order valence-electron chi connectivity index (χ2n) is 16.9. The molecular weight excluding hydrogens is 799 g/mol. The lowest BCUT2D eigenvalue weighted by Crippen LogP contribution is -2.03. The summed E-state index contributed by atoms with van der Waals surface area (Å²) in [6.45, 7) is 0. The zero-order chi connectivity index (χ0) is 41.6. The average Bonchev–Trinajstić information content (AvgIpc) is 4.07. The summed E-state index contributed by atoms with van der Waals surface area (Å²) >= 11 is 1.77. The number of nitrogens with zero attached hydrogens (tertiary/aromatic N) is 5. The summed E-state index contributed by atoms with van der Waals surface area (Å²) in [5, 5.41) is 8.30. The van der Waals surface area contributed by atoms with Gasteiger partial charge in [-0.1, -0.05) is 140 Å². The second-order valence-corrected chi connectivity index (χ2v) is 18.0. The van der Waals surface area contributed by atoms with Crippen molar-refractivity contribution < 1.29 is 0 Å². The molecule has 6 heterocycles. The largest absolute Gasteiger partial charge is 0.309 e. The van der Waals surface area contributed by atoms with Crippen molar-refractivity contribution >= 4 is 97.1 Å². The van der Waals surface area contributed by atoms with Gasteiger partial charge in [-0.15, -0.1) is 11.3 Å². The summed E-state index contributed by atoms with van der Waals surface area (Å²) in [5.74, 6) is 0.660.